The average molecular weight is 250 g/mol. The van der Waals surface area contributed by atoms with Crippen molar-refractivity contribution in [1.82, 2.24) is 5.43 Å². The summed E-state index contributed by atoms with van der Waals surface area (Å²) in [4.78, 5) is 3.13. The highest BCUT2D eigenvalue weighted by atomic mass is 32.1. The van der Waals surface area contributed by atoms with E-state index in [4.69, 9.17) is 5.84 Å². The van der Waals surface area contributed by atoms with E-state index in [1.54, 1.807) is 10.4 Å². The Hall–Kier alpha value is -0.380. The predicted octanol–water partition coefficient (Wildman–Crippen LogP) is 3.32. The fourth-order valence-corrected chi connectivity index (χ4v) is 4.48. The van der Waals surface area contributed by atoms with Crippen LogP contribution >= 0.6 is 11.3 Å². The fraction of sp³-hybridized carbons (Fsp3) is 0.714. The zero-order valence-corrected chi connectivity index (χ0v) is 11.2. The van der Waals surface area contributed by atoms with Crippen LogP contribution in [0.15, 0.2) is 6.07 Å². The van der Waals surface area contributed by atoms with Gasteiger partial charge in [-0.05, 0) is 56.1 Å². The van der Waals surface area contributed by atoms with E-state index in [1.165, 1.54) is 56.2 Å². The molecular weight excluding hydrogens is 228 g/mol. The molecule has 0 amide bonds. The number of hydrogen-bond acceptors (Lipinski definition) is 3. The molecule has 0 spiro atoms. The van der Waals surface area contributed by atoms with Crippen LogP contribution < -0.4 is 11.3 Å². The van der Waals surface area contributed by atoms with Gasteiger partial charge in [0.2, 0.25) is 0 Å². The lowest BCUT2D eigenvalue weighted by atomic mass is 9.79. The molecule has 3 heteroatoms. The summed E-state index contributed by atoms with van der Waals surface area (Å²) in [6, 6.07) is 2.86. The van der Waals surface area contributed by atoms with Crippen molar-refractivity contribution in [1.29, 1.82) is 0 Å². The van der Waals surface area contributed by atoms with Gasteiger partial charge in [-0.3, -0.25) is 11.3 Å². The molecule has 1 aromatic rings. The van der Waals surface area contributed by atoms with E-state index in [0.29, 0.717) is 6.04 Å². The van der Waals surface area contributed by atoms with Crippen molar-refractivity contribution in [3.63, 3.8) is 0 Å². The van der Waals surface area contributed by atoms with Crippen molar-refractivity contribution in [2.24, 2.45) is 11.8 Å². The summed E-state index contributed by atoms with van der Waals surface area (Å²) in [6.45, 7) is 0. The van der Waals surface area contributed by atoms with Crippen molar-refractivity contribution >= 4 is 11.3 Å². The van der Waals surface area contributed by atoms with E-state index in [-0.39, 0.29) is 0 Å². The monoisotopic (exact) mass is 250 g/mol. The van der Waals surface area contributed by atoms with Gasteiger partial charge in [0.1, 0.15) is 0 Å². The zero-order chi connectivity index (χ0) is 11.7. The summed E-state index contributed by atoms with van der Waals surface area (Å²) >= 11 is 2.02. The molecular formula is C14H22N2S. The number of aryl methyl sites for hydroxylation is 2. The molecule has 1 atom stereocenters. The van der Waals surface area contributed by atoms with Gasteiger partial charge in [-0.1, -0.05) is 12.8 Å². The van der Waals surface area contributed by atoms with E-state index in [1.807, 2.05) is 11.3 Å². The predicted molar refractivity (Wildman–Crippen MR) is 73.0 cm³/mol. The van der Waals surface area contributed by atoms with Crippen LogP contribution in [0.2, 0.25) is 0 Å². The summed E-state index contributed by atoms with van der Waals surface area (Å²) in [5, 5.41) is 0. The van der Waals surface area contributed by atoms with E-state index >= 15 is 0 Å². The Morgan fingerprint density at radius 3 is 2.71 bits per heavy atom. The van der Waals surface area contributed by atoms with Crippen molar-refractivity contribution < 1.29 is 0 Å². The van der Waals surface area contributed by atoms with Gasteiger partial charge in [0.25, 0.3) is 0 Å². The van der Waals surface area contributed by atoms with Crippen LogP contribution in [0.3, 0.4) is 0 Å². The summed E-state index contributed by atoms with van der Waals surface area (Å²) in [6.07, 6.45) is 10.8. The smallest absolute Gasteiger partial charge is 0.0581 e. The molecule has 1 unspecified atom stereocenters. The summed E-state index contributed by atoms with van der Waals surface area (Å²) in [7, 11) is 0. The molecule has 94 valence electrons. The van der Waals surface area contributed by atoms with E-state index in [2.05, 4.69) is 11.5 Å². The highest BCUT2D eigenvalue weighted by Gasteiger charge is 2.29. The van der Waals surface area contributed by atoms with Gasteiger partial charge in [-0.25, -0.2) is 0 Å². The van der Waals surface area contributed by atoms with E-state index in [9.17, 15) is 0 Å². The molecule has 17 heavy (non-hydrogen) atoms. The second kappa shape index (κ2) is 5.09. The Labute approximate surface area is 108 Å². The molecule has 0 bridgehead atoms. The molecule has 2 nitrogen and oxygen atoms in total. The van der Waals surface area contributed by atoms with Crippen LogP contribution in [0.4, 0.5) is 0 Å². The summed E-state index contributed by atoms with van der Waals surface area (Å²) in [5.74, 6) is 6.54. The number of thiophene rings is 1. The summed E-state index contributed by atoms with van der Waals surface area (Å²) in [5.41, 5.74) is 4.67. The Morgan fingerprint density at radius 2 is 2.00 bits per heavy atom. The van der Waals surface area contributed by atoms with Gasteiger partial charge in [-0.15, -0.1) is 11.3 Å². The topological polar surface area (TPSA) is 38.0 Å². The molecule has 3 N–H and O–H groups in total. The highest BCUT2D eigenvalue weighted by Crippen LogP contribution is 2.41. The van der Waals surface area contributed by atoms with Crippen molar-refractivity contribution in [2.75, 3.05) is 0 Å². The maximum atomic E-state index is 5.76. The first-order valence-electron chi connectivity index (χ1n) is 6.96. The summed E-state index contributed by atoms with van der Waals surface area (Å²) < 4.78 is 0. The minimum Gasteiger partial charge on any atom is -0.271 e. The molecule has 2 aliphatic rings. The van der Waals surface area contributed by atoms with Crippen LogP contribution in [0.25, 0.3) is 0 Å². The lowest BCUT2D eigenvalue weighted by Gasteiger charge is -2.32. The molecule has 1 aromatic heterocycles. The Balaban J connectivity index is 1.82. The third kappa shape index (κ3) is 2.28. The Kier molecular flexibility index (Phi) is 3.50. The van der Waals surface area contributed by atoms with Gasteiger partial charge in [0.15, 0.2) is 0 Å². The van der Waals surface area contributed by atoms with Crippen LogP contribution in [0.5, 0.6) is 0 Å². The molecule has 1 saturated carbocycles. The van der Waals surface area contributed by atoms with Gasteiger partial charge < -0.3 is 0 Å². The van der Waals surface area contributed by atoms with Crippen LogP contribution in [0.1, 0.15) is 59.9 Å². The highest BCUT2D eigenvalue weighted by molar-refractivity contribution is 7.12. The van der Waals surface area contributed by atoms with Gasteiger partial charge in [-0.2, -0.15) is 0 Å². The number of hydrazine groups is 1. The molecule has 1 heterocycles. The van der Waals surface area contributed by atoms with E-state index < -0.39 is 0 Å². The van der Waals surface area contributed by atoms with E-state index in [0.717, 1.165) is 5.92 Å². The Morgan fingerprint density at radius 1 is 1.18 bits per heavy atom. The molecule has 2 aliphatic carbocycles. The van der Waals surface area contributed by atoms with Crippen LogP contribution in [-0.4, -0.2) is 0 Å². The SMILES string of the molecule is NNC(c1cc2c(s1)CCCCC2)C1CCC1. The largest absolute Gasteiger partial charge is 0.271 e. The zero-order valence-electron chi connectivity index (χ0n) is 10.4. The van der Waals surface area contributed by atoms with Gasteiger partial charge in [0, 0.05) is 9.75 Å². The standard InChI is InChI=1S/C14H22N2S/c15-16-14(10-6-4-7-10)13-9-11-5-2-1-3-8-12(11)17-13/h9-10,14,16H,1-8,15H2. The number of hydrogen-bond donors (Lipinski definition) is 2. The first-order valence-corrected chi connectivity index (χ1v) is 7.78. The average Bonchev–Trinajstić information content (AvgIpc) is 2.54. The number of fused-ring (bicyclic) bond motifs is 1. The fourth-order valence-electron chi connectivity index (χ4n) is 3.07. The number of nitrogens with two attached hydrogens (primary N) is 1. The maximum absolute atomic E-state index is 5.76. The second-order valence-electron chi connectivity index (χ2n) is 5.49. The second-order valence-corrected chi connectivity index (χ2v) is 6.66. The quantitative estimate of drug-likeness (QED) is 0.490. The first kappa shape index (κ1) is 11.7. The third-order valence-electron chi connectivity index (χ3n) is 4.37. The van der Waals surface area contributed by atoms with Crippen molar-refractivity contribution in [2.45, 2.75) is 57.4 Å². The number of nitrogens with one attached hydrogen (secondary N) is 1. The molecule has 0 saturated heterocycles. The van der Waals surface area contributed by atoms with Crippen LogP contribution in [0, 0.1) is 5.92 Å². The minimum absolute atomic E-state index is 0.417. The van der Waals surface area contributed by atoms with Gasteiger partial charge >= 0.3 is 0 Å². The molecule has 0 aliphatic heterocycles. The number of rotatable bonds is 3. The first-order chi connectivity index (χ1) is 8.38. The maximum Gasteiger partial charge on any atom is 0.0581 e. The third-order valence-corrected chi connectivity index (χ3v) is 5.69. The minimum atomic E-state index is 0.417. The molecule has 3 rings (SSSR count). The Bertz CT molecular complexity index is 358. The van der Waals surface area contributed by atoms with Crippen LogP contribution in [-0.2, 0) is 12.8 Å². The van der Waals surface area contributed by atoms with Gasteiger partial charge in [0.05, 0.1) is 6.04 Å². The lowest BCUT2D eigenvalue weighted by Crippen LogP contribution is -2.35. The normalized spacial score (nSPS) is 22.6. The molecule has 0 radical (unpaired) electrons. The molecule has 0 aromatic carbocycles. The lowest BCUT2D eigenvalue weighted by molar-refractivity contribution is 0.235. The van der Waals surface area contributed by atoms with Crippen molar-refractivity contribution in [3.8, 4) is 0 Å². The van der Waals surface area contributed by atoms with Crippen molar-refractivity contribution in [3.05, 3.63) is 21.4 Å². The molecule has 1 fully saturated rings.